The highest BCUT2D eigenvalue weighted by molar-refractivity contribution is 7.09. The number of nitriles is 1. The number of hydrogen-bond acceptors (Lipinski definition) is 4. The van der Waals surface area contributed by atoms with E-state index in [9.17, 15) is 0 Å². The first kappa shape index (κ1) is 8.18. The highest BCUT2D eigenvalue weighted by Gasteiger charge is 1.91. The van der Waals surface area contributed by atoms with Crippen molar-refractivity contribution in [3.63, 3.8) is 0 Å². The molecule has 11 heavy (non-hydrogen) atoms. The quantitative estimate of drug-likeness (QED) is 0.684. The van der Waals surface area contributed by atoms with Crippen molar-refractivity contribution in [3.8, 4) is 6.07 Å². The van der Waals surface area contributed by atoms with E-state index in [4.69, 9.17) is 5.26 Å². The Bertz CT molecular complexity index is 224. The van der Waals surface area contributed by atoms with E-state index in [1.807, 2.05) is 6.20 Å². The number of hydrogen-bond donors (Lipinski definition) is 1. The lowest BCUT2D eigenvalue weighted by Gasteiger charge is -1.96. The number of rotatable bonds is 4. The van der Waals surface area contributed by atoms with Gasteiger partial charge in [-0.05, 0) is 0 Å². The molecule has 3 nitrogen and oxygen atoms in total. The molecule has 0 saturated heterocycles. The van der Waals surface area contributed by atoms with Gasteiger partial charge in [0.1, 0.15) is 0 Å². The third kappa shape index (κ3) is 3.12. The van der Waals surface area contributed by atoms with E-state index >= 15 is 0 Å². The van der Waals surface area contributed by atoms with Crippen LogP contribution in [0.5, 0.6) is 0 Å². The Morgan fingerprint density at radius 1 is 1.73 bits per heavy atom. The second-order valence-corrected chi connectivity index (χ2v) is 3.02. The average molecular weight is 167 g/mol. The molecular formula is C7H9N3S. The standard InChI is InChI=1S/C7H9N3S/c8-2-1-3-9-4-7-5-10-6-11-7/h5-6,9H,1,3-4H2. The fourth-order valence-electron chi connectivity index (χ4n) is 0.685. The van der Waals surface area contributed by atoms with Crippen molar-refractivity contribution in [2.45, 2.75) is 13.0 Å². The SMILES string of the molecule is N#CCCNCc1cncs1. The fourth-order valence-corrected chi connectivity index (χ4v) is 1.25. The van der Waals surface area contributed by atoms with Crippen molar-refractivity contribution < 1.29 is 0 Å². The van der Waals surface area contributed by atoms with Crippen LogP contribution in [-0.4, -0.2) is 11.5 Å². The molecule has 4 heteroatoms. The van der Waals surface area contributed by atoms with Gasteiger partial charge in [-0.1, -0.05) is 0 Å². The molecule has 1 aromatic rings. The van der Waals surface area contributed by atoms with Gasteiger partial charge >= 0.3 is 0 Å². The van der Waals surface area contributed by atoms with Crippen LogP contribution in [-0.2, 0) is 6.54 Å². The van der Waals surface area contributed by atoms with Gasteiger partial charge < -0.3 is 5.32 Å². The summed E-state index contributed by atoms with van der Waals surface area (Å²) < 4.78 is 0. The number of nitrogens with one attached hydrogen (secondary N) is 1. The Morgan fingerprint density at radius 3 is 3.27 bits per heavy atom. The van der Waals surface area contributed by atoms with Crippen LogP contribution in [0.3, 0.4) is 0 Å². The topological polar surface area (TPSA) is 48.7 Å². The summed E-state index contributed by atoms with van der Waals surface area (Å²) in [7, 11) is 0. The maximum Gasteiger partial charge on any atom is 0.0794 e. The summed E-state index contributed by atoms with van der Waals surface area (Å²) >= 11 is 1.62. The molecular weight excluding hydrogens is 158 g/mol. The second-order valence-electron chi connectivity index (χ2n) is 2.05. The van der Waals surface area contributed by atoms with E-state index in [1.165, 1.54) is 4.88 Å². The average Bonchev–Trinajstić information content (AvgIpc) is 2.50. The summed E-state index contributed by atoms with van der Waals surface area (Å²) in [5.41, 5.74) is 1.81. The molecule has 0 bridgehead atoms. The van der Waals surface area contributed by atoms with Gasteiger partial charge in [0.05, 0.1) is 11.6 Å². The third-order valence-electron chi connectivity index (χ3n) is 1.20. The Morgan fingerprint density at radius 2 is 2.64 bits per heavy atom. The summed E-state index contributed by atoms with van der Waals surface area (Å²) in [5.74, 6) is 0. The number of thiazole rings is 1. The second kappa shape index (κ2) is 4.83. The molecule has 1 N–H and O–H groups in total. The summed E-state index contributed by atoms with van der Waals surface area (Å²) in [5, 5.41) is 11.4. The molecule has 0 saturated carbocycles. The van der Waals surface area contributed by atoms with Crippen molar-refractivity contribution in [2.24, 2.45) is 0 Å². The van der Waals surface area contributed by atoms with Crippen LogP contribution in [0.15, 0.2) is 11.7 Å². The predicted octanol–water partition coefficient (Wildman–Crippen LogP) is 1.15. The monoisotopic (exact) mass is 167 g/mol. The Kier molecular flexibility index (Phi) is 3.59. The normalized spacial score (nSPS) is 9.36. The Balaban J connectivity index is 2.10. The minimum Gasteiger partial charge on any atom is -0.311 e. The molecule has 1 rings (SSSR count). The summed E-state index contributed by atoms with van der Waals surface area (Å²) in [6, 6.07) is 2.07. The van der Waals surface area contributed by atoms with Crippen molar-refractivity contribution in [1.29, 1.82) is 5.26 Å². The molecule has 0 aliphatic rings. The van der Waals surface area contributed by atoms with Crippen LogP contribution in [0.2, 0.25) is 0 Å². The van der Waals surface area contributed by atoms with E-state index < -0.39 is 0 Å². The summed E-state index contributed by atoms with van der Waals surface area (Å²) in [6.07, 6.45) is 2.41. The molecule has 0 aliphatic heterocycles. The minimum absolute atomic E-state index is 0.568. The van der Waals surface area contributed by atoms with E-state index in [-0.39, 0.29) is 0 Å². The maximum atomic E-state index is 8.22. The summed E-state index contributed by atoms with van der Waals surface area (Å²) in [4.78, 5) is 5.15. The first-order valence-electron chi connectivity index (χ1n) is 3.38. The molecule has 0 atom stereocenters. The first-order chi connectivity index (χ1) is 5.43. The molecule has 1 aromatic heterocycles. The predicted molar refractivity (Wildman–Crippen MR) is 44.1 cm³/mol. The zero-order valence-electron chi connectivity index (χ0n) is 6.08. The fraction of sp³-hybridized carbons (Fsp3) is 0.429. The molecule has 0 radical (unpaired) electrons. The molecule has 0 aliphatic carbocycles. The van der Waals surface area contributed by atoms with Gasteiger partial charge in [0.15, 0.2) is 0 Å². The van der Waals surface area contributed by atoms with Crippen LogP contribution < -0.4 is 5.32 Å². The van der Waals surface area contributed by atoms with Crippen molar-refractivity contribution in [2.75, 3.05) is 6.54 Å². The van der Waals surface area contributed by atoms with Crippen LogP contribution in [0.4, 0.5) is 0 Å². The minimum atomic E-state index is 0.568. The highest BCUT2D eigenvalue weighted by atomic mass is 32.1. The van der Waals surface area contributed by atoms with E-state index in [1.54, 1.807) is 16.8 Å². The third-order valence-corrected chi connectivity index (χ3v) is 1.98. The van der Waals surface area contributed by atoms with Crippen LogP contribution >= 0.6 is 11.3 Å². The van der Waals surface area contributed by atoms with Crippen molar-refractivity contribution >= 4 is 11.3 Å². The van der Waals surface area contributed by atoms with Gasteiger partial charge in [-0.25, -0.2) is 0 Å². The molecule has 58 valence electrons. The van der Waals surface area contributed by atoms with Gasteiger partial charge in [0, 0.05) is 30.6 Å². The lowest BCUT2D eigenvalue weighted by atomic mass is 10.4. The van der Waals surface area contributed by atoms with Crippen LogP contribution in [0, 0.1) is 11.3 Å². The molecule has 1 heterocycles. The van der Waals surface area contributed by atoms with Gasteiger partial charge in [-0.2, -0.15) is 5.26 Å². The first-order valence-corrected chi connectivity index (χ1v) is 4.26. The smallest absolute Gasteiger partial charge is 0.0794 e. The van der Waals surface area contributed by atoms with Crippen LogP contribution in [0.1, 0.15) is 11.3 Å². The number of nitrogens with zero attached hydrogens (tertiary/aromatic N) is 2. The van der Waals surface area contributed by atoms with E-state index in [0.29, 0.717) is 6.42 Å². The molecule has 0 unspecified atom stereocenters. The molecule has 0 spiro atoms. The van der Waals surface area contributed by atoms with Gasteiger partial charge in [0.25, 0.3) is 0 Å². The van der Waals surface area contributed by atoms with Gasteiger partial charge in [-0.15, -0.1) is 11.3 Å². The van der Waals surface area contributed by atoms with Gasteiger partial charge in [0.2, 0.25) is 0 Å². The molecule has 0 amide bonds. The van der Waals surface area contributed by atoms with E-state index in [2.05, 4.69) is 16.4 Å². The Labute approximate surface area is 69.7 Å². The molecule has 0 fully saturated rings. The Hall–Kier alpha value is -0.920. The summed E-state index contributed by atoms with van der Waals surface area (Å²) in [6.45, 7) is 1.58. The zero-order chi connectivity index (χ0) is 7.94. The molecule has 0 aromatic carbocycles. The zero-order valence-corrected chi connectivity index (χ0v) is 6.90. The van der Waals surface area contributed by atoms with Gasteiger partial charge in [-0.3, -0.25) is 4.98 Å². The van der Waals surface area contributed by atoms with Crippen molar-refractivity contribution in [1.82, 2.24) is 10.3 Å². The lowest BCUT2D eigenvalue weighted by molar-refractivity contribution is 0.705. The van der Waals surface area contributed by atoms with Crippen LogP contribution in [0.25, 0.3) is 0 Å². The maximum absolute atomic E-state index is 8.22. The largest absolute Gasteiger partial charge is 0.311 e. The van der Waals surface area contributed by atoms with E-state index in [0.717, 1.165) is 13.1 Å². The van der Waals surface area contributed by atoms with Crippen molar-refractivity contribution in [3.05, 3.63) is 16.6 Å². The number of aromatic nitrogens is 1. The highest BCUT2D eigenvalue weighted by Crippen LogP contribution is 2.03. The lowest BCUT2D eigenvalue weighted by Crippen LogP contribution is -2.13.